The molecule has 0 saturated heterocycles. The molecule has 1 aliphatic rings. The van der Waals surface area contributed by atoms with Crippen molar-refractivity contribution < 1.29 is 14.7 Å². The van der Waals surface area contributed by atoms with Crippen molar-refractivity contribution in [2.45, 2.75) is 51.5 Å². The molecule has 2 rings (SSSR count). The number of primary amides is 1. The lowest BCUT2D eigenvalue weighted by molar-refractivity contribution is -0.153. The molecule has 0 aliphatic heterocycles. The zero-order valence-corrected chi connectivity index (χ0v) is 11.7. The van der Waals surface area contributed by atoms with E-state index in [1.54, 1.807) is 6.07 Å². The molecule has 6 heteroatoms. The molecule has 6 nitrogen and oxygen atoms in total. The summed E-state index contributed by atoms with van der Waals surface area (Å²) in [5, 5.41) is 13.6. The maximum Gasteiger partial charge on any atom is 0.319 e. The van der Waals surface area contributed by atoms with Gasteiger partial charge in [-0.15, -0.1) is 0 Å². The van der Waals surface area contributed by atoms with Gasteiger partial charge in [0.05, 0.1) is 11.7 Å². The fourth-order valence-electron chi connectivity index (χ4n) is 2.65. The van der Waals surface area contributed by atoms with Crippen LogP contribution < -0.4 is 5.73 Å². The van der Waals surface area contributed by atoms with Gasteiger partial charge in [0.2, 0.25) is 5.91 Å². The Kier molecular flexibility index (Phi) is 4.11. The standard InChI is InChI=1S/C14H21N3O3/c1-14(12(15)18,13(19)20)9-10-7-8-17(16-10)11-5-3-2-4-6-11/h7-8,11H,2-6,9H2,1H3,(H2,15,18)(H,19,20). The van der Waals surface area contributed by atoms with E-state index in [1.807, 2.05) is 10.9 Å². The molecule has 1 aromatic heterocycles. The summed E-state index contributed by atoms with van der Waals surface area (Å²) < 4.78 is 1.90. The van der Waals surface area contributed by atoms with Crippen molar-refractivity contribution >= 4 is 11.9 Å². The second-order valence-electron chi connectivity index (χ2n) is 5.76. The number of carboxylic acid groups (broad SMARTS) is 1. The first kappa shape index (κ1) is 14.6. The van der Waals surface area contributed by atoms with Crippen LogP contribution in [-0.2, 0) is 16.0 Å². The van der Waals surface area contributed by atoms with E-state index in [0.717, 1.165) is 12.8 Å². The lowest BCUT2D eigenvalue weighted by Crippen LogP contribution is -2.43. The van der Waals surface area contributed by atoms with Gasteiger partial charge in [-0.05, 0) is 25.8 Å². The van der Waals surface area contributed by atoms with Crippen molar-refractivity contribution in [3.63, 3.8) is 0 Å². The van der Waals surface area contributed by atoms with Gasteiger partial charge in [-0.25, -0.2) is 0 Å². The summed E-state index contributed by atoms with van der Waals surface area (Å²) in [5.74, 6) is -2.05. The van der Waals surface area contributed by atoms with Gasteiger partial charge >= 0.3 is 5.97 Å². The maximum absolute atomic E-state index is 11.4. The van der Waals surface area contributed by atoms with Crippen molar-refractivity contribution in [2.75, 3.05) is 0 Å². The predicted molar refractivity (Wildman–Crippen MR) is 73.0 cm³/mol. The molecular weight excluding hydrogens is 258 g/mol. The Bertz CT molecular complexity index is 490. The van der Waals surface area contributed by atoms with Crippen molar-refractivity contribution in [3.05, 3.63) is 18.0 Å². The largest absolute Gasteiger partial charge is 0.480 e. The van der Waals surface area contributed by atoms with Crippen LogP contribution in [0.4, 0.5) is 0 Å². The Morgan fingerprint density at radius 3 is 2.65 bits per heavy atom. The summed E-state index contributed by atoms with van der Waals surface area (Å²) in [6.45, 7) is 1.34. The second-order valence-corrected chi connectivity index (χ2v) is 5.76. The first-order valence-corrected chi connectivity index (χ1v) is 7.01. The van der Waals surface area contributed by atoms with Crippen LogP contribution in [0, 0.1) is 5.41 Å². The molecule has 1 unspecified atom stereocenters. The highest BCUT2D eigenvalue weighted by atomic mass is 16.4. The highest BCUT2D eigenvalue weighted by Crippen LogP contribution is 2.28. The molecule has 0 radical (unpaired) electrons. The number of carboxylic acids is 1. The fraction of sp³-hybridized carbons (Fsp3) is 0.643. The number of nitrogens with two attached hydrogens (primary N) is 1. The van der Waals surface area contributed by atoms with Crippen LogP contribution >= 0.6 is 0 Å². The van der Waals surface area contributed by atoms with Crippen LogP contribution in [0.15, 0.2) is 12.3 Å². The minimum absolute atomic E-state index is 0.0252. The molecule has 1 aromatic rings. The molecule has 0 spiro atoms. The van der Waals surface area contributed by atoms with Gasteiger partial charge in [-0.3, -0.25) is 14.3 Å². The van der Waals surface area contributed by atoms with E-state index in [9.17, 15) is 14.7 Å². The van der Waals surface area contributed by atoms with Crippen LogP contribution in [0.1, 0.15) is 50.8 Å². The molecule has 110 valence electrons. The first-order chi connectivity index (χ1) is 9.43. The number of nitrogens with zero attached hydrogens (tertiary/aromatic N) is 2. The summed E-state index contributed by atoms with van der Waals surface area (Å²) in [4.78, 5) is 22.6. The minimum Gasteiger partial charge on any atom is -0.480 e. The van der Waals surface area contributed by atoms with Crippen LogP contribution in [0.5, 0.6) is 0 Å². The van der Waals surface area contributed by atoms with E-state index in [2.05, 4.69) is 5.10 Å². The zero-order chi connectivity index (χ0) is 14.8. The Morgan fingerprint density at radius 2 is 2.10 bits per heavy atom. The normalized spacial score (nSPS) is 19.4. The van der Waals surface area contributed by atoms with Crippen molar-refractivity contribution in [2.24, 2.45) is 11.1 Å². The quantitative estimate of drug-likeness (QED) is 0.798. The number of carbonyl (C=O) groups is 2. The van der Waals surface area contributed by atoms with E-state index in [1.165, 1.54) is 26.2 Å². The van der Waals surface area contributed by atoms with Crippen LogP contribution in [0.2, 0.25) is 0 Å². The van der Waals surface area contributed by atoms with E-state index in [-0.39, 0.29) is 6.42 Å². The van der Waals surface area contributed by atoms with Crippen LogP contribution in [0.3, 0.4) is 0 Å². The molecule has 1 amide bonds. The Morgan fingerprint density at radius 1 is 1.45 bits per heavy atom. The van der Waals surface area contributed by atoms with Gasteiger partial charge < -0.3 is 10.8 Å². The smallest absolute Gasteiger partial charge is 0.319 e. The van der Waals surface area contributed by atoms with Crippen LogP contribution in [-0.4, -0.2) is 26.8 Å². The first-order valence-electron chi connectivity index (χ1n) is 7.01. The number of carbonyl (C=O) groups excluding carboxylic acids is 1. The summed E-state index contributed by atoms with van der Waals surface area (Å²) >= 11 is 0. The van der Waals surface area contributed by atoms with Gasteiger partial charge in [0.15, 0.2) is 0 Å². The Labute approximate surface area is 118 Å². The van der Waals surface area contributed by atoms with Crippen molar-refractivity contribution in [1.82, 2.24) is 9.78 Å². The number of aromatic nitrogens is 2. The number of rotatable bonds is 5. The topological polar surface area (TPSA) is 98.2 Å². The average Bonchev–Trinajstić information content (AvgIpc) is 2.87. The third kappa shape index (κ3) is 2.84. The Hall–Kier alpha value is -1.85. The van der Waals surface area contributed by atoms with Gasteiger partial charge in [-0.1, -0.05) is 19.3 Å². The molecule has 1 aliphatic carbocycles. The molecule has 0 aromatic carbocycles. The summed E-state index contributed by atoms with van der Waals surface area (Å²) in [6.07, 6.45) is 7.78. The third-order valence-corrected chi connectivity index (χ3v) is 4.16. The third-order valence-electron chi connectivity index (χ3n) is 4.16. The SMILES string of the molecule is CC(Cc1ccn(C2CCCCC2)n1)(C(N)=O)C(=O)O. The van der Waals surface area contributed by atoms with E-state index in [0.29, 0.717) is 11.7 Å². The minimum atomic E-state index is -1.61. The lowest BCUT2D eigenvalue weighted by Gasteiger charge is -2.22. The molecule has 3 N–H and O–H groups in total. The number of hydrogen-bond donors (Lipinski definition) is 2. The molecule has 1 fully saturated rings. The van der Waals surface area contributed by atoms with Crippen molar-refractivity contribution in [3.8, 4) is 0 Å². The van der Waals surface area contributed by atoms with Crippen LogP contribution in [0.25, 0.3) is 0 Å². The average molecular weight is 279 g/mol. The van der Waals surface area contributed by atoms with Crippen molar-refractivity contribution in [1.29, 1.82) is 0 Å². The summed E-state index contributed by atoms with van der Waals surface area (Å²) in [7, 11) is 0. The Balaban J connectivity index is 2.12. The van der Waals surface area contributed by atoms with Gasteiger partial charge in [0.25, 0.3) is 0 Å². The highest BCUT2D eigenvalue weighted by Gasteiger charge is 2.40. The molecule has 1 saturated carbocycles. The highest BCUT2D eigenvalue weighted by molar-refractivity contribution is 6.00. The van der Waals surface area contributed by atoms with Gasteiger partial charge in [0.1, 0.15) is 5.41 Å². The van der Waals surface area contributed by atoms with E-state index < -0.39 is 17.3 Å². The molecule has 1 atom stereocenters. The molecular formula is C14H21N3O3. The zero-order valence-electron chi connectivity index (χ0n) is 11.7. The van der Waals surface area contributed by atoms with E-state index >= 15 is 0 Å². The fourth-order valence-corrected chi connectivity index (χ4v) is 2.65. The monoisotopic (exact) mass is 279 g/mol. The molecule has 0 bridgehead atoms. The van der Waals surface area contributed by atoms with Gasteiger partial charge in [-0.2, -0.15) is 5.10 Å². The summed E-state index contributed by atoms with van der Waals surface area (Å²) in [6, 6.07) is 2.17. The maximum atomic E-state index is 11.4. The number of amides is 1. The second kappa shape index (κ2) is 5.64. The van der Waals surface area contributed by atoms with Gasteiger partial charge in [0, 0.05) is 12.6 Å². The summed E-state index contributed by atoms with van der Waals surface area (Å²) in [5.41, 5.74) is 4.21. The molecule has 20 heavy (non-hydrogen) atoms. The lowest BCUT2D eigenvalue weighted by atomic mass is 9.85. The predicted octanol–water partition coefficient (Wildman–Crippen LogP) is 1.51. The number of aliphatic carboxylic acids is 1. The molecule has 1 heterocycles. The van der Waals surface area contributed by atoms with E-state index in [4.69, 9.17) is 5.73 Å². The number of hydrogen-bond acceptors (Lipinski definition) is 3.